The Balaban J connectivity index is 2.06. The van der Waals surface area contributed by atoms with Gasteiger partial charge < -0.3 is 10.1 Å². The molecule has 0 aliphatic rings. The number of pyridine rings is 1. The molecule has 1 unspecified atom stereocenters. The van der Waals surface area contributed by atoms with Crippen molar-refractivity contribution in [2.75, 3.05) is 11.9 Å². The van der Waals surface area contributed by atoms with Gasteiger partial charge in [-0.3, -0.25) is 9.78 Å². The van der Waals surface area contributed by atoms with E-state index in [2.05, 4.69) is 20.3 Å². The van der Waals surface area contributed by atoms with Crippen LogP contribution in [-0.2, 0) is 9.53 Å². The lowest BCUT2D eigenvalue weighted by Crippen LogP contribution is -2.25. The molecule has 0 amide bonds. The molecule has 0 aliphatic heterocycles. The summed E-state index contributed by atoms with van der Waals surface area (Å²) in [5.74, 6) is 0.818. The predicted molar refractivity (Wildman–Crippen MR) is 88.9 cm³/mol. The predicted octanol–water partition coefficient (Wildman–Crippen LogP) is 2.85. The van der Waals surface area contributed by atoms with Crippen LogP contribution in [0.5, 0.6) is 0 Å². The number of rotatable bonds is 6. The maximum atomic E-state index is 11.8. The molecular formula is C17H22N4O2. The molecule has 0 spiro atoms. The number of nitrogens with one attached hydrogen (secondary N) is 1. The van der Waals surface area contributed by atoms with Crippen LogP contribution in [0.3, 0.4) is 0 Å². The summed E-state index contributed by atoms with van der Waals surface area (Å²) in [6.45, 7) is 7.86. The molecule has 0 bridgehead atoms. The summed E-state index contributed by atoms with van der Waals surface area (Å²) in [5, 5.41) is 3.18. The number of aryl methyl sites for hydroxylation is 1. The molecule has 0 aliphatic carbocycles. The van der Waals surface area contributed by atoms with Crippen molar-refractivity contribution >= 4 is 11.8 Å². The molecule has 23 heavy (non-hydrogen) atoms. The summed E-state index contributed by atoms with van der Waals surface area (Å²) in [4.78, 5) is 24.8. The molecule has 2 aromatic rings. The summed E-state index contributed by atoms with van der Waals surface area (Å²) in [6, 6.07) is 5.60. The molecule has 0 aromatic carbocycles. The van der Waals surface area contributed by atoms with Gasteiger partial charge in [-0.05, 0) is 32.9 Å². The summed E-state index contributed by atoms with van der Waals surface area (Å²) < 4.78 is 5.20. The van der Waals surface area contributed by atoms with E-state index in [1.165, 1.54) is 0 Å². The third-order valence-electron chi connectivity index (χ3n) is 3.12. The first-order chi connectivity index (χ1) is 11.0. The Morgan fingerprint density at radius 2 is 2.09 bits per heavy atom. The zero-order valence-electron chi connectivity index (χ0n) is 13.9. The van der Waals surface area contributed by atoms with E-state index in [1.807, 2.05) is 45.9 Å². The van der Waals surface area contributed by atoms with Gasteiger partial charge in [0.05, 0.1) is 12.0 Å². The van der Waals surface area contributed by atoms with E-state index in [4.69, 9.17) is 4.74 Å². The van der Waals surface area contributed by atoms with Crippen LogP contribution in [0.15, 0.2) is 30.6 Å². The topological polar surface area (TPSA) is 77.0 Å². The molecule has 0 radical (unpaired) electrons. The van der Waals surface area contributed by atoms with Crippen molar-refractivity contribution in [2.24, 2.45) is 5.92 Å². The third kappa shape index (κ3) is 5.02. The highest BCUT2D eigenvalue weighted by atomic mass is 16.5. The summed E-state index contributed by atoms with van der Waals surface area (Å²) >= 11 is 0. The number of carbonyl (C=O) groups is 1. The number of esters is 1. The second-order valence-electron chi connectivity index (χ2n) is 5.73. The second kappa shape index (κ2) is 7.67. The average Bonchev–Trinajstić information content (AvgIpc) is 2.52. The fourth-order valence-corrected chi connectivity index (χ4v) is 1.97. The zero-order chi connectivity index (χ0) is 16.8. The highest BCUT2D eigenvalue weighted by Crippen LogP contribution is 2.17. The first-order valence-corrected chi connectivity index (χ1v) is 7.66. The van der Waals surface area contributed by atoms with E-state index < -0.39 is 0 Å². The summed E-state index contributed by atoms with van der Waals surface area (Å²) in [7, 11) is 0. The van der Waals surface area contributed by atoms with Gasteiger partial charge in [0.15, 0.2) is 5.82 Å². The molecule has 6 nitrogen and oxygen atoms in total. The Morgan fingerprint density at radius 3 is 2.74 bits per heavy atom. The van der Waals surface area contributed by atoms with Crippen LogP contribution >= 0.6 is 0 Å². The quantitative estimate of drug-likeness (QED) is 0.826. The lowest BCUT2D eigenvalue weighted by molar-refractivity contribution is -0.151. The number of nitrogens with zero attached hydrogens (tertiary/aromatic N) is 3. The summed E-state index contributed by atoms with van der Waals surface area (Å²) in [5.41, 5.74) is 1.70. The van der Waals surface area contributed by atoms with Gasteiger partial charge >= 0.3 is 5.97 Å². The van der Waals surface area contributed by atoms with Gasteiger partial charge in [0.2, 0.25) is 0 Å². The molecule has 1 atom stereocenters. The van der Waals surface area contributed by atoms with Crippen molar-refractivity contribution in [3.8, 4) is 11.4 Å². The van der Waals surface area contributed by atoms with E-state index in [0.717, 1.165) is 11.3 Å². The highest BCUT2D eigenvalue weighted by molar-refractivity contribution is 5.73. The van der Waals surface area contributed by atoms with Crippen molar-refractivity contribution in [1.29, 1.82) is 0 Å². The second-order valence-corrected chi connectivity index (χ2v) is 5.73. The molecule has 122 valence electrons. The van der Waals surface area contributed by atoms with Crippen molar-refractivity contribution in [1.82, 2.24) is 15.0 Å². The van der Waals surface area contributed by atoms with E-state index in [0.29, 0.717) is 18.2 Å². The van der Waals surface area contributed by atoms with Gasteiger partial charge in [0.25, 0.3) is 0 Å². The lowest BCUT2D eigenvalue weighted by atomic mass is 10.2. The monoisotopic (exact) mass is 314 g/mol. The van der Waals surface area contributed by atoms with Crippen molar-refractivity contribution in [3.05, 3.63) is 36.3 Å². The van der Waals surface area contributed by atoms with Crippen LogP contribution in [0.4, 0.5) is 5.82 Å². The first kappa shape index (κ1) is 16.9. The number of hydrogen-bond acceptors (Lipinski definition) is 6. The van der Waals surface area contributed by atoms with Crippen LogP contribution in [-0.4, -0.2) is 33.6 Å². The number of ether oxygens (including phenoxy) is 1. The minimum absolute atomic E-state index is 0.108. The lowest BCUT2D eigenvalue weighted by Gasteiger charge is -2.15. The van der Waals surface area contributed by atoms with Crippen LogP contribution in [0.25, 0.3) is 11.4 Å². The van der Waals surface area contributed by atoms with Crippen molar-refractivity contribution < 1.29 is 9.53 Å². The molecule has 2 heterocycles. The smallest absolute Gasteiger partial charge is 0.310 e. The Kier molecular flexibility index (Phi) is 5.62. The Labute approximate surface area is 136 Å². The third-order valence-corrected chi connectivity index (χ3v) is 3.12. The first-order valence-electron chi connectivity index (χ1n) is 7.66. The van der Waals surface area contributed by atoms with Crippen LogP contribution in [0.1, 0.15) is 26.5 Å². The van der Waals surface area contributed by atoms with Gasteiger partial charge in [-0.1, -0.05) is 6.92 Å². The van der Waals surface area contributed by atoms with Crippen molar-refractivity contribution in [3.63, 3.8) is 0 Å². The number of carbonyl (C=O) groups excluding carboxylic acids is 1. The highest BCUT2D eigenvalue weighted by Gasteiger charge is 2.16. The van der Waals surface area contributed by atoms with Crippen LogP contribution < -0.4 is 5.32 Å². The molecular weight excluding hydrogens is 292 g/mol. The van der Waals surface area contributed by atoms with E-state index in [-0.39, 0.29) is 18.0 Å². The fraction of sp³-hybridized carbons (Fsp3) is 0.412. The normalized spacial score (nSPS) is 12.0. The summed E-state index contributed by atoms with van der Waals surface area (Å²) in [6.07, 6.45) is 3.32. The maximum Gasteiger partial charge on any atom is 0.310 e. The molecule has 0 fully saturated rings. The van der Waals surface area contributed by atoms with Gasteiger partial charge in [0.1, 0.15) is 5.82 Å². The molecule has 6 heteroatoms. The maximum absolute atomic E-state index is 11.8. The van der Waals surface area contributed by atoms with Gasteiger partial charge in [0, 0.05) is 36.3 Å². The molecule has 0 saturated heterocycles. The Hall–Kier alpha value is -2.50. The standard InChI is InChI=1S/C17H22N4O2/c1-11(2)23-17(22)12(3)9-19-15-8-13(4)20-16(21-15)14-6-5-7-18-10-14/h5-8,10-12H,9H2,1-4H3,(H,19,20,21). The Bertz CT molecular complexity index is 659. The SMILES string of the molecule is Cc1cc(NCC(C)C(=O)OC(C)C)nc(-c2cccnc2)n1. The number of hydrogen-bond donors (Lipinski definition) is 1. The van der Waals surface area contributed by atoms with Crippen molar-refractivity contribution in [2.45, 2.75) is 33.8 Å². The fourth-order valence-electron chi connectivity index (χ4n) is 1.97. The molecule has 0 saturated carbocycles. The minimum atomic E-state index is -0.255. The Morgan fingerprint density at radius 1 is 1.30 bits per heavy atom. The largest absolute Gasteiger partial charge is 0.463 e. The number of aromatic nitrogens is 3. The van der Waals surface area contributed by atoms with Gasteiger partial charge in [-0.25, -0.2) is 9.97 Å². The average molecular weight is 314 g/mol. The van der Waals surface area contributed by atoms with Crippen LogP contribution in [0, 0.1) is 12.8 Å². The van der Waals surface area contributed by atoms with E-state index >= 15 is 0 Å². The number of anilines is 1. The van der Waals surface area contributed by atoms with Gasteiger partial charge in [-0.2, -0.15) is 0 Å². The molecule has 2 aromatic heterocycles. The van der Waals surface area contributed by atoms with Crippen LogP contribution in [0.2, 0.25) is 0 Å². The zero-order valence-corrected chi connectivity index (χ0v) is 13.9. The van der Waals surface area contributed by atoms with E-state index in [9.17, 15) is 4.79 Å². The molecule has 2 rings (SSSR count). The minimum Gasteiger partial charge on any atom is -0.463 e. The van der Waals surface area contributed by atoms with E-state index in [1.54, 1.807) is 12.4 Å². The van der Waals surface area contributed by atoms with Gasteiger partial charge in [-0.15, -0.1) is 0 Å². The molecule has 1 N–H and O–H groups in total.